The van der Waals surface area contributed by atoms with Gasteiger partial charge in [-0.05, 0) is 38.9 Å². The first-order chi connectivity index (χ1) is 9.27. The van der Waals surface area contributed by atoms with Crippen molar-refractivity contribution in [1.82, 2.24) is 19.9 Å². The van der Waals surface area contributed by atoms with E-state index in [4.69, 9.17) is 5.84 Å². The molecule has 0 bridgehead atoms. The predicted octanol–water partition coefficient (Wildman–Crippen LogP) is 0.675. The molecule has 2 aliphatic heterocycles. The van der Waals surface area contributed by atoms with E-state index >= 15 is 0 Å². The molecule has 1 aromatic rings. The number of allylic oxidation sites excluding steroid dienone is 1. The van der Waals surface area contributed by atoms with Crippen LogP contribution in [0.4, 0.5) is 0 Å². The normalized spacial score (nSPS) is 20.7. The third-order valence-electron chi connectivity index (χ3n) is 3.80. The summed E-state index contributed by atoms with van der Waals surface area (Å²) in [7, 11) is 0. The Bertz CT molecular complexity index is 509. The quantitative estimate of drug-likeness (QED) is 0.767. The van der Waals surface area contributed by atoms with Gasteiger partial charge in [0.05, 0.1) is 23.4 Å². The lowest BCUT2D eigenvalue weighted by atomic mass is 10.1. The first-order valence-corrected chi connectivity index (χ1v) is 6.74. The molecule has 1 aromatic heterocycles. The SMILES string of the molecule is Cc1ncn(C2CCNCC2)c1C1=CC=NCN1N. The van der Waals surface area contributed by atoms with Crippen molar-refractivity contribution in [1.29, 1.82) is 0 Å². The molecule has 0 spiro atoms. The summed E-state index contributed by atoms with van der Waals surface area (Å²) in [6, 6.07) is 0.505. The van der Waals surface area contributed by atoms with Crippen molar-refractivity contribution in [3.05, 3.63) is 23.8 Å². The number of hydrazine groups is 1. The van der Waals surface area contributed by atoms with Crippen molar-refractivity contribution < 1.29 is 0 Å². The number of aryl methyl sites for hydroxylation is 1. The van der Waals surface area contributed by atoms with Gasteiger partial charge in [-0.3, -0.25) is 10.0 Å². The van der Waals surface area contributed by atoms with E-state index in [0.29, 0.717) is 12.7 Å². The van der Waals surface area contributed by atoms with Crippen molar-refractivity contribution >= 4 is 11.9 Å². The molecule has 2 aliphatic rings. The number of nitrogens with one attached hydrogen (secondary N) is 1. The molecule has 3 rings (SSSR count). The minimum atomic E-state index is 0.503. The average Bonchev–Trinajstić information content (AvgIpc) is 2.82. The third-order valence-corrected chi connectivity index (χ3v) is 3.80. The van der Waals surface area contributed by atoms with E-state index in [-0.39, 0.29) is 0 Å². The molecular formula is C13H20N6. The lowest BCUT2D eigenvalue weighted by Crippen LogP contribution is -2.34. The number of rotatable bonds is 2. The minimum Gasteiger partial charge on any atom is -0.326 e. The van der Waals surface area contributed by atoms with E-state index in [2.05, 4.69) is 19.9 Å². The molecule has 0 aliphatic carbocycles. The second-order valence-corrected chi connectivity index (χ2v) is 5.06. The molecule has 19 heavy (non-hydrogen) atoms. The molecule has 0 radical (unpaired) electrons. The van der Waals surface area contributed by atoms with Crippen molar-refractivity contribution in [3.8, 4) is 0 Å². The van der Waals surface area contributed by atoms with Crippen LogP contribution in [0.1, 0.15) is 30.3 Å². The summed E-state index contributed by atoms with van der Waals surface area (Å²) in [6.45, 7) is 4.67. The fraction of sp³-hybridized carbons (Fsp3) is 0.538. The molecule has 0 aromatic carbocycles. The Kier molecular flexibility index (Phi) is 3.35. The van der Waals surface area contributed by atoms with Crippen LogP contribution in [0.3, 0.4) is 0 Å². The zero-order valence-corrected chi connectivity index (χ0v) is 11.2. The Labute approximate surface area is 113 Å². The molecule has 0 unspecified atom stereocenters. The van der Waals surface area contributed by atoms with Crippen LogP contribution in [-0.2, 0) is 0 Å². The molecule has 3 N–H and O–H groups in total. The summed E-state index contributed by atoms with van der Waals surface area (Å²) in [5.74, 6) is 6.04. The molecule has 3 heterocycles. The van der Waals surface area contributed by atoms with Gasteiger partial charge >= 0.3 is 0 Å². The van der Waals surface area contributed by atoms with Gasteiger partial charge in [0.25, 0.3) is 0 Å². The second-order valence-electron chi connectivity index (χ2n) is 5.06. The fourth-order valence-electron chi connectivity index (χ4n) is 2.78. The number of nitrogens with two attached hydrogens (primary N) is 1. The van der Waals surface area contributed by atoms with Gasteiger partial charge in [-0.2, -0.15) is 0 Å². The number of piperidine rings is 1. The van der Waals surface area contributed by atoms with E-state index in [1.807, 2.05) is 25.5 Å². The Morgan fingerprint density at radius 1 is 1.37 bits per heavy atom. The van der Waals surface area contributed by atoms with E-state index in [1.54, 1.807) is 5.01 Å². The minimum absolute atomic E-state index is 0.503. The molecule has 6 nitrogen and oxygen atoms in total. The molecular weight excluding hydrogens is 240 g/mol. The van der Waals surface area contributed by atoms with Crippen LogP contribution in [0.5, 0.6) is 0 Å². The summed E-state index contributed by atoms with van der Waals surface area (Å²) in [5, 5.41) is 5.08. The van der Waals surface area contributed by atoms with E-state index in [0.717, 1.165) is 43.0 Å². The number of imidazole rings is 1. The van der Waals surface area contributed by atoms with Gasteiger partial charge in [0, 0.05) is 12.3 Å². The topological polar surface area (TPSA) is 71.5 Å². The largest absolute Gasteiger partial charge is 0.326 e. The maximum absolute atomic E-state index is 6.04. The summed E-state index contributed by atoms with van der Waals surface area (Å²) in [5.41, 5.74) is 3.15. The highest BCUT2D eigenvalue weighted by Gasteiger charge is 2.23. The first kappa shape index (κ1) is 12.4. The van der Waals surface area contributed by atoms with Gasteiger partial charge in [-0.15, -0.1) is 0 Å². The van der Waals surface area contributed by atoms with Crippen LogP contribution in [0.25, 0.3) is 5.70 Å². The molecule has 102 valence electrons. The lowest BCUT2D eigenvalue weighted by molar-refractivity contribution is 0.359. The Morgan fingerprint density at radius 2 is 2.16 bits per heavy atom. The van der Waals surface area contributed by atoms with Gasteiger partial charge in [-0.1, -0.05) is 0 Å². The zero-order chi connectivity index (χ0) is 13.2. The van der Waals surface area contributed by atoms with Crippen molar-refractivity contribution in [2.75, 3.05) is 19.8 Å². The first-order valence-electron chi connectivity index (χ1n) is 6.74. The molecule has 0 saturated carbocycles. The second kappa shape index (κ2) is 5.14. The summed E-state index contributed by atoms with van der Waals surface area (Å²) in [4.78, 5) is 8.63. The van der Waals surface area contributed by atoms with Gasteiger partial charge < -0.3 is 9.88 Å². The van der Waals surface area contributed by atoms with Gasteiger partial charge in [0.1, 0.15) is 6.67 Å². The van der Waals surface area contributed by atoms with Gasteiger partial charge in [-0.25, -0.2) is 10.8 Å². The van der Waals surface area contributed by atoms with Crippen molar-refractivity contribution in [2.45, 2.75) is 25.8 Å². The Hall–Kier alpha value is -1.66. The predicted molar refractivity (Wildman–Crippen MR) is 75.5 cm³/mol. The van der Waals surface area contributed by atoms with Crippen LogP contribution in [0, 0.1) is 6.92 Å². The van der Waals surface area contributed by atoms with Crippen LogP contribution in [0.15, 0.2) is 17.4 Å². The highest BCUT2D eigenvalue weighted by molar-refractivity contribution is 5.84. The summed E-state index contributed by atoms with van der Waals surface area (Å²) in [6.07, 6.45) is 7.99. The highest BCUT2D eigenvalue weighted by Crippen LogP contribution is 2.28. The maximum atomic E-state index is 6.04. The van der Waals surface area contributed by atoms with Crippen LogP contribution in [0.2, 0.25) is 0 Å². The smallest absolute Gasteiger partial charge is 0.124 e. The van der Waals surface area contributed by atoms with Gasteiger partial charge in [0.2, 0.25) is 0 Å². The molecule has 1 saturated heterocycles. The Morgan fingerprint density at radius 3 is 2.89 bits per heavy atom. The average molecular weight is 260 g/mol. The molecule has 6 heteroatoms. The molecule has 1 fully saturated rings. The standard InChI is InChI=1S/C13H20N6/c1-10-13(12-4-7-16-8-19(12)14)18(9-17-10)11-2-5-15-6-3-11/h4,7,9,11,15H,2-3,5-6,8,14H2,1H3. The monoisotopic (exact) mass is 260 g/mol. The van der Waals surface area contributed by atoms with Gasteiger partial charge in [0.15, 0.2) is 0 Å². The zero-order valence-electron chi connectivity index (χ0n) is 11.2. The van der Waals surface area contributed by atoms with E-state index in [1.165, 1.54) is 0 Å². The van der Waals surface area contributed by atoms with Crippen LogP contribution in [-0.4, -0.2) is 40.5 Å². The number of hydrogen-bond donors (Lipinski definition) is 2. The highest BCUT2D eigenvalue weighted by atomic mass is 15.4. The van der Waals surface area contributed by atoms with Crippen LogP contribution >= 0.6 is 0 Å². The number of hydrogen-bond acceptors (Lipinski definition) is 5. The van der Waals surface area contributed by atoms with E-state index < -0.39 is 0 Å². The van der Waals surface area contributed by atoms with E-state index in [9.17, 15) is 0 Å². The Balaban J connectivity index is 1.98. The number of aromatic nitrogens is 2. The fourth-order valence-corrected chi connectivity index (χ4v) is 2.78. The third kappa shape index (κ3) is 2.29. The molecule has 0 amide bonds. The lowest BCUT2D eigenvalue weighted by Gasteiger charge is -2.29. The maximum Gasteiger partial charge on any atom is 0.124 e. The summed E-state index contributed by atoms with van der Waals surface area (Å²) >= 11 is 0. The summed E-state index contributed by atoms with van der Waals surface area (Å²) < 4.78 is 2.28. The number of nitrogens with zero attached hydrogens (tertiary/aromatic N) is 4. The van der Waals surface area contributed by atoms with Crippen molar-refractivity contribution in [3.63, 3.8) is 0 Å². The van der Waals surface area contributed by atoms with Crippen LogP contribution < -0.4 is 11.2 Å². The van der Waals surface area contributed by atoms with Crippen molar-refractivity contribution in [2.24, 2.45) is 10.8 Å². The molecule has 0 atom stereocenters. The number of aliphatic imine (C=N–C) groups is 1.